The van der Waals surface area contributed by atoms with Gasteiger partial charge in [-0.15, -0.1) is 0 Å². The van der Waals surface area contributed by atoms with Crippen LogP contribution < -0.4 is 10.6 Å². The van der Waals surface area contributed by atoms with Gasteiger partial charge in [0.05, 0.1) is 13.5 Å². The van der Waals surface area contributed by atoms with Gasteiger partial charge in [0.25, 0.3) is 0 Å². The molecule has 0 aliphatic carbocycles. The summed E-state index contributed by atoms with van der Waals surface area (Å²) in [5.74, 6) is -0.352. The maximum Gasteiger partial charge on any atom is 0.307 e. The SMILES string of the molecule is CCCCNC(=O)CC(CC(=O)OC)NCc1ccccc1. The van der Waals surface area contributed by atoms with E-state index in [1.165, 1.54) is 7.11 Å². The summed E-state index contributed by atoms with van der Waals surface area (Å²) in [7, 11) is 1.36. The quantitative estimate of drug-likeness (QED) is 0.512. The van der Waals surface area contributed by atoms with Gasteiger partial charge in [-0.2, -0.15) is 0 Å². The zero-order valence-corrected chi connectivity index (χ0v) is 13.4. The highest BCUT2D eigenvalue weighted by atomic mass is 16.5. The minimum absolute atomic E-state index is 0.0390. The Hall–Kier alpha value is -1.88. The molecule has 1 atom stereocenters. The second-order valence-electron chi connectivity index (χ2n) is 5.25. The lowest BCUT2D eigenvalue weighted by molar-refractivity contribution is -0.141. The molecule has 5 heteroatoms. The van der Waals surface area contributed by atoms with E-state index in [1.807, 2.05) is 30.3 Å². The van der Waals surface area contributed by atoms with Crippen molar-refractivity contribution >= 4 is 11.9 Å². The summed E-state index contributed by atoms with van der Waals surface area (Å²) in [6.07, 6.45) is 2.46. The number of esters is 1. The molecule has 122 valence electrons. The van der Waals surface area contributed by atoms with Gasteiger partial charge >= 0.3 is 5.97 Å². The first-order valence-electron chi connectivity index (χ1n) is 7.76. The van der Waals surface area contributed by atoms with E-state index in [1.54, 1.807) is 0 Å². The van der Waals surface area contributed by atoms with Gasteiger partial charge in [-0.05, 0) is 12.0 Å². The first-order chi connectivity index (χ1) is 10.7. The maximum atomic E-state index is 11.9. The van der Waals surface area contributed by atoms with E-state index in [0.29, 0.717) is 13.1 Å². The Bertz CT molecular complexity index is 448. The van der Waals surface area contributed by atoms with Crippen molar-refractivity contribution in [2.24, 2.45) is 0 Å². The van der Waals surface area contributed by atoms with E-state index in [0.717, 1.165) is 18.4 Å². The molecular weight excluding hydrogens is 280 g/mol. The van der Waals surface area contributed by atoms with Crippen molar-refractivity contribution in [2.45, 2.75) is 45.2 Å². The molecule has 1 unspecified atom stereocenters. The second kappa shape index (κ2) is 10.8. The summed E-state index contributed by atoms with van der Waals surface area (Å²) in [6, 6.07) is 9.66. The number of nitrogens with one attached hydrogen (secondary N) is 2. The second-order valence-corrected chi connectivity index (χ2v) is 5.25. The van der Waals surface area contributed by atoms with Gasteiger partial charge in [0.1, 0.15) is 0 Å². The van der Waals surface area contributed by atoms with Crippen molar-refractivity contribution in [3.05, 3.63) is 35.9 Å². The molecule has 0 bridgehead atoms. The molecule has 2 N–H and O–H groups in total. The fourth-order valence-electron chi connectivity index (χ4n) is 2.06. The predicted molar refractivity (Wildman–Crippen MR) is 86.2 cm³/mol. The van der Waals surface area contributed by atoms with Crippen molar-refractivity contribution in [3.8, 4) is 0 Å². The fraction of sp³-hybridized carbons (Fsp3) is 0.529. The molecule has 0 saturated carbocycles. The highest BCUT2D eigenvalue weighted by Crippen LogP contribution is 2.04. The summed E-state index contributed by atoms with van der Waals surface area (Å²) < 4.78 is 4.70. The highest BCUT2D eigenvalue weighted by molar-refractivity contribution is 5.78. The normalized spacial score (nSPS) is 11.7. The third-order valence-corrected chi connectivity index (χ3v) is 3.36. The Morgan fingerprint density at radius 1 is 1.18 bits per heavy atom. The van der Waals surface area contributed by atoms with Gasteiger partial charge in [-0.25, -0.2) is 0 Å². The lowest BCUT2D eigenvalue weighted by atomic mass is 10.1. The van der Waals surface area contributed by atoms with Crippen LogP contribution in [0, 0.1) is 0 Å². The largest absolute Gasteiger partial charge is 0.469 e. The zero-order valence-electron chi connectivity index (χ0n) is 13.4. The monoisotopic (exact) mass is 306 g/mol. The molecule has 0 spiro atoms. The number of ether oxygens (including phenoxy) is 1. The van der Waals surface area contributed by atoms with Crippen LogP contribution in [0.1, 0.15) is 38.2 Å². The van der Waals surface area contributed by atoms with Gasteiger partial charge in [-0.1, -0.05) is 43.7 Å². The zero-order chi connectivity index (χ0) is 16.2. The van der Waals surface area contributed by atoms with Gasteiger partial charge < -0.3 is 15.4 Å². The van der Waals surface area contributed by atoms with Gasteiger partial charge in [0, 0.05) is 25.6 Å². The van der Waals surface area contributed by atoms with E-state index in [4.69, 9.17) is 4.74 Å². The van der Waals surface area contributed by atoms with Gasteiger partial charge in [0.2, 0.25) is 5.91 Å². The first-order valence-corrected chi connectivity index (χ1v) is 7.76. The summed E-state index contributed by atoms with van der Waals surface area (Å²) in [5.41, 5.74) is 1.11. The molecule has 0 aliphatic heterocycles. The molecule has 0 saturated heterocycles. The lowest BCUT2D eigenvalue weighted by Crippen LogP contribution is -2.37. The molecule has 1 aromatic rings. The van der Waals surface area contributed by atoms with E-state index < -0.39 is 0 Å². The number of hydrogen-bond donors (Lipinski definition) is 2. The third kappa shape index (κ3) is 7.78. The average molecular weight is 306 g/mol. The van der Waals surface area contributed by atoms with Crippen LogP contribution in [-0.2, 0) is 20.9 Å². The Morgan fingerprint density at radius 3 is 2.55 bits per heavy atom. The van der Waals surface area contributed by atoms with Crippen LogP contribution in [0.4, 0.5) is 0 Å². The molecule has 1 amide bonds. The summed E-state index contributed by atoms with van der Waals surface area (Å²) in [6.45, 7) is 3.37. The molecule has 5 nitrogen and oxygen atoms in total. The number of hydrogen-bond acceptors (Lipinski definition) is 4. The van der Waals surface area contributed by atoms with E-state index >= 15 is 0 Å². The Labute approximate surface area is 132 Å². The van der Waals surface area contributed by atoms with Crippen LogP contribution in [0.5, 0.6) is 0 Å². The molecule has 0 heterocycles. The van der Waals surface area contributed by atoms with Crippen molar-refractivity contribution in [2.75, 3.05) is 13.7 Å². The number of carbonyl (C=O) groups is 2. The Balaban J connectivity index is 2.48. The number of unbranched alkanes of at least 4 members (excludes halogenated alkanes) is 1. The number of benzene rings is 1. The number of rotatable bonds is 10. The molecule has 0 aliphatic rings. The van der Waals surface area contributed by atoms with Crippen LogP contribution in [0.3, 0.4) is 0 Å². The fourth-order valence-corrected chi connectivity index (χ4v) is 2.06. The highest BCUT2D eigenvalue weighted by Gasteiger charge is 2.17. The minimum atomic E-state index is -0.313. The third-order valence-electron chi connectivity index (χ3n) is 3.36. The molecule has 22 heavy (non-hydrogen) atoms. The van der Waals surface area contributed by atoms with Crippen molar-refractivity contribution in [3.63, 3.8) is 0 Å². The molecule has 0 aromatic heterocycles. The van der Waals surface area contributed by atoms with Gasteiger partial charge in [0.15, 0.2) is 0 Å². The van der Waals surface area contributed by atoms with Crippen molar-refractivity contribution in [1.82, 2.24) is 10.6 Å². The van der Waals surface area contributed by atoms with Crippen LogP contribution in [0.15, 0.2) is 30.3 Å². The first kappa shape index (κ1) is 18.2. The average Bonchev–Trinajstić information content (AvgIpc) is 2.53. The summed E-state index contributed by atoms with van der Waals surface area (Å²) >= 11 is 0. The van der Waals surface area contributed by atoms with Crippen molar-refractivity contribution < 1.29 is 14.3 Å². The summed E-state index contributed by atoms with van der Waals surface area (Å²) in [4.78, 5) is 23.4. The summed E-state index contributed by atoms with van der Waals surface area (Å²) in [5, 5.41) is 6.13. The standard InChI is InChI=1S/C17H26N2O3/c1-3-4-10-18-16(20)11-15(12-17(21)22-2)19-13-14-8-6-5-7-9-14/h5-9,15,19H,3-4,10-13H2,1-2H3,(H,18,20). The topological polar surface area (TPSA) is 67.4 Å². The molecule has 1 aromatic carbocycles. The van der Waals surface area contributed by atoms with Crippen LogP contribution in [0.2, 0.25) is 0 Å². The smallest absolute Gasteiger partial charge is 0.307 e. The van der Waals surface area contributed by atoms with Crippen LogP contribution in [0.25, 0.3) is 0 Å². The Kier molecular flexibility index (Phi) is 8.91. The minimum Gasteiger partial charge on any atom is -0.469 e. The number of carbonyl (C=O) groups excluding carboxylic acids is 2. The van der Waals surface area contributed by atoms with Crippen molar-refractivity contribution in [1.29, 1.82) is 0 Å². The van der Waals surface area contributed by atoms with Crippen LogP contribution in [-0.4, -0.2) is 31.6 Å². The lowest BCUT2D eigenvalue weighted by Gasteiger charge is -2.17. The maximum absolute atomic E-state index is 11.9. The molecule has 0 fully saturated rings. The van der Waals surface area contributed by atoms with E-state index in [-0.39, 0.29) is 30.8 Å². The molecule has 0 radical (unpaired) electrons. The van der Waals surface area contributed by atoms with E-state index in [9.17, 15) is 9.59 Å². The predicted octanol–water partition coefficient (Wildman–Crippen LogP) is 2.01. The van der Waals surface area contributed by atoms with Gasteiger partial charge in [-0.3, -0.25) is 9.59 Å². The number of amides is 1. The van der Waals surface area contributed by atoms with Crippen LogP contribution >= 0.6 is 0 Å². The molecular formula is C17H26N2O3. The number of methoxy groups -OCH3 is 1. The molecule has 1 rings (SSSR count). The Morgan fingerprint density at radius 2 is 1.91 bits per heavy atom. The van der Waals surface area contributed by atoms with E-state index in [2.05, 4.69) is 17.6 Å².